The predicted molar refractivity (Wildman–Crippen MR) is 73.9 cm³/mol. The van der Waals surface area contributed by atoms with Crippen LogP contribution in [0.5, 0.6) is 0 Å². The summed E-state index contributed by atoms with van der Waals surface area (Å²) in [5, 5.41) is 11.7. The minimum atomic E-state index is -0.678. The smallest absolute Gasteiger partial charge is 0.0924 e. The number of rotatable bonds is 1. The SMILES string of the molecule is Cc1ccc(C2(O)CCN3CCCC3C2)cc1Cl. The molecule has 2 aliphatic rings. The van der Waals surface area contributed by atoms with Gasteiger partial charge in [0.05, 0.1) is 5.60 Å². The molecule has 3 heteroatoms. The van der Waals surface area contributed by atoms with Gasteiger partial charge in [0.15, 0.2) is 0 Å². The molecule has 1 N–H and O–H groups in total. The molecule has 0 bridgehead atoms. The van der Waals surface area contributed by atoms with Crippen LogP contribution in [0.1, 0.15) is 36.8 Å². The quantitative estimate of drug-likeness (QED) is 0.844. The predicted octanol–water partition coefficient (Wildman–Crippen LogP) is 3.09. The molecule has 2 saturated heterocycles. The van der Waals surface area contributed by atoms with Crippen molar-refractivity contribution >= 4 is 11.6 Å². The molecule has 3 rings (SSSR count). The Morgan fingerprint density at radius 3 is 3.00 bits per heavy atom. The molecular formula is C15H20ClNO. The number of nitrogens with zero attached hydrogens (tertiary/aromatic N) is 1. The van der Waals surface area contributed by atoms with Gasteiger partial charge < -0.3 is 10.0 Å². The van der Waals surface area contributed by atoms with E-state index in [1.165, 1.54) is 19.4 Å². The van der Waals surface area contributed by atoms with Crippen LogP contribution in [-0.2, 0) is 5.60 Å². The first-order chi connectivity index (χ1) is 8.58. The average Bonchev–Trinajstić information content (AvgIpc) is 2.79. The monoisotopic (exact) mass is 265 g/mol. The van der Waals surface area contributed by atoms with E-state index < -0.39 is 5.60 Å². The van der Waals surface area contributed by atoms with E-state index in [4.69, 9.17) is 11.6 Å². The molecular weight excluding hydrogens is 246 g/mol. The number of hydrogen-bond donors (Lipinski definition) is 1. The number of hydrogen-bond acceptors (Lipinski definition) is 2. The lowest BCUT2D eigenvalue weighted by molar-refractivity contribution is -0.0408. The van der Waals surface area contributed by atoms with Crippen LogP contribution in [0, 0.1) is 6.92 Å². The van der Waals surface area contributed by atoms with Gasteiger partial charge in [-0.3, -0.25) is 0 Å². The molecule has 0 aliphatic carbocycles. The summed E-state index contributed by atoms with van der Waals surface area (Å²) in [6.07, 6.45) is 4.17. The van der Waals surface area contributed by atoms with E-state index in [2.05, 4.69) is 4.90 Å². The molecule has 0 saturated carbocycles. The minimum absolute atomic E-state index is 0.559. The van der Waals surface area contributed by atoms with E-state index in [0.29, 0.717) is 6.04 Å². The van der Waals surface area contributed by atoms with Gasteiger partial charge >= 0.3 is 0 Å². The summed E-state index contributed by atoms with van der Waals surface area (Å²) >= 11 is 6.18. The van der Waals surface area contributed by atoms with E-state index in [-0.39, 0.29) is 0 Å². The van der Waals surface area contributed by atoms with Crippen molar-refractivity contribution in [2.75, 3.05) is 13.1 Å². The Hall–Kier alpha value is -0.570. The maximum absolute atomic E-state index is 10.9. The van der Waals surface area contributed by atoms with Crippen LogP contribution in [0.15, 0.2) is 18.2 Å². The number of halogens is 1. The van der Waals surface area contributed by atoms with Crippen molar-refractivity contribution in [2.45, 2.75) is 44.2 Å². The zero-order valence-corrected chi connectivity index (χ0v) is 11.6. The topological polar surface area (TPSA) is 23.5 Å². The fourth-order valence-corrected chi connectivity index (χ4v) is 3.57. The molecule has 98 valence electrons. The zero-order chi connectivity index (χ0) is 12.8. The van der Waals surface area contributed by atoms with Crippen LogP contribution in [0.25, 0.3) is 0 Å². The van der Waals surface area contributed by atoms with Crippen molar-refractivity contribution < 1.29 is 5.11 Å². The standard InChI is InChI=1S/C15H20ClNO/c1-11-4-5-12(9-14(11)16)15(18)6-8-17-7-2-3-13(17)10-15/h4-5,9,13,18H,2-3,6-8,10H2,1H3. The van der Waals surface area contributed by atoms with E-state index in [1.807, 2.05) is 25.1 Å². The second-order valence-corrected chi connectivity index (χ2v) is 6.19. The van der Waals surface area contributed by atoms with Gasteiger partial charge in [-0.05, 0) is 56.3 Å². The zero-order valence-electron chi connectivity index (χ0n) is 10.8. The summed E-state index contributed by atoms with van der Waals surface area (Å²) in [7, 11) is 0. The van der Waals surface area contributed by atoms with Crippen LogP contribution in [0.3, 0.4) is 0 Å². The normalized spacial score (nSPS) is 32.5. The number of fused-ring (bicyclic) bond motifs is 1. The van der Waals surface area contributed by atoms with Crippen molar-refractivity contribution in [2.24, 2.45) is 0 Å². The molecule has 2 atom stereocenters. The fourth-order valence-electron chi connectivity index (χ4n) is 3.39. The number of benzene rings is 1. The molecule has 2 aliphatic heterocycles. The summed E-state index contributed by atoms with van der Waals surface area (Å²) in [5.41, 5.74) is 1.38. The highest BCUT2D eigenvalue weighted by atomic mass is 35.5. The molecule has 0 radical (unpaired) electrons. The fraction of sp³-hybridized carbons (Fsp3) is 0.600. The van der Waals surface area contributed by atoms with Crippen molar-refractivity contribution in [3.8, 4) is 0 Å². The van der Waals surface area contributed by atoms with Crippen LogP contribution in [0.2, 0.25) is 5.02 Å². The molecule has 2 unspecified atom stereocenters. The molecule has 0 aromatic heterocycles. The molecule has 2 nitrogen and oxygen atoms in total. The summed E-state index contributed by atoms with van der Waals surface area (Å²) in [4.78, 5) is 2.52. The molecule has 1 aromatic rings. The van der Waals surface area contributed by atoms with Gasteiger partial charge in [0.2, 0.25) is 0 Å². The van der Waals surface area contributed by atoms with Crippen LogP contribution < -0.4 is 0 Å². The lowest BCUT2D eigenvalue weighted by Gasteiger charge is -2.41. The maximum atomic E-state index is 10.9. The van der Waals surface area contributed by atoms with Gasteiger partial charge in [0.25, 0.3) is 0 Å². The van der Waals surface area contributed by atoms with Crippen molar-refractivity contribution in [3.63, 3.8) is 0 Å². The third-order valence-electron chi connectivity index (χ3n) is 4.59. The van der Waals surface area contributed by atoms with E-state index >= 15 is 0 Å². The summed E-state index contributed by atoms with van der Waals surface area (Å²) in [6.45, 7) is 4.21. The first kappa shape index (κ1) is 12.5. The maximum Gasteiger partial charge on any atom is 0.0924 e. The van der Waals surface area contributed by atoms with Gasteiger partial charge in [-0.1, -0.05) is 23.7 Å². The summed E-state index contributed by atoms with van der Waals surface area (Å²) < 4.78 is 0. The van der Waals surface area contributed by atoms with E-state index in [1.54, 1.807) is 0 Å². The largest absolute Gasteiger partial charge is 0.385 e. The summed E-state index contributed by atoms with van der Waals surface area (Å²) in [5.74, 6) is 0. The van der Waals surface area contributed by atoms with Gasteiger partial charge in [-0.15, -0.1) is 0 Å². The van der Waals surface area contributed by atoms with Crippen LogP contribution in [0.4, 0.5) is 0 Å². The van der Waals surface area contributed by atoms with Crippen molar-refractivity contribution in [1.82, 2.24) is 4.90 Å². The van der Waals surface area contributed by atoms with Gasteiger partial charge in [0.1, 0.15) is 0 Å². The molecule has 2 fully saturated rings. The number of piperidine rings is 1. The summed E-state index contributed by atoms with van der Waals surface area (Å²) in [6, 6.07) is 6.55. The van der Waals surface area contributed by atoms with Crippen LogP contribution >= 0.6 is 11.6 Å². The number of aryl methyl sites for hydroxylation is 1. The van der Waals surface area contributed by atoms with Crippen molar-refractivity contribution in [3.05, 3.63) is 34.3 Å². The highest BCUT2D eigenvalue weighted by Gasteiger charge is 2.41. The third kappa shape index (κ3) is 2.07. The highest BCUT2D eigenvalue weighted by Crippen LogP contribution is 2.40. The van der Waals surface area contributed by atoms with Crippen LogP contribution in [-0.4, -0.2) is 29.1 Å². The Balaban J connectivity index is 1.87. The first-order valence-corrected chi connectivity index (χ1v) is 7.19. The number of aliphatic hydroxyl groups is 1. The Morgan fingerprint density at radius 2 is 2.22 bits per heavy atom. The van der Waals surface area contributed by atoms with E-state index in [9.17, 15) is 5.11 Å². The lowest BCUT2D eigenvalue weighted by Crippen LogP contribution is -2.46. The molecule has 0 amide bonds. The Morgan fingerprint density at radius 1 is 1.39 bits per heavy atom. The molecule has 2 heterocycles. The average molecular weight is 266 g/mol. The molecule has 0 spiro atoms. The molecule has 1 aromatic carbocycles. The van der Waals surface area contributed by atoms with Crippen molar-refractivity contribution in [1.29, 1.82) is 0 Å². The second-order valence-electron chi connectivity index (χ2n) is 5.78. The Labute approximate surface area is 114 Å². The first-order valence-electron chi connectivity index (χ1n) is 6.81. The van der Waals surface area contributed by atoms with E-state index in [0.717, 1.165) is 35.5 Å². The van der Waals surface area contributed by atoms with Gasteiger partial charge in [0, 0.05) is 17.6 Å². The van der Waals surface area contributed by atoms with Gasteiger partial charge in [-0.25, -0.2) is 0 Å². The minimum Gasteiger partial charge on any atom is -0.385 e. The molecule has 18 heavy (non-hydrogen) atoms. The Kier molecular flexibility index (Phi) is 3.13. The van der Waals surface area contributed by atoms with Gasteiger partial charge in [-0.2, -0.15) is 0 Å². The Bertz CT molecular complexity index is 462. The lowest BCUT2D eigenvalue weighted by atomic mass is 9.81. The third-order valence-corrected chi connectivity index (χ3v) is 5.00. The second kappa shape index (κ2) is 4.52. The highest BCUT2D eigenvalue weighted by molar-refractivity contribution is 6.31.